The van der Waals surface area contributed by atoms with Gasteiger partial charge in [0.25, 0.3) is 5.56 Å². The third kappa shape index (κ3) is 6.32. The first-order chi connectivity index (χ1) is 17.4. The molecule has 1 atom stereocenters. The fraction of sp³-hybridized carbons (Fsp3) is 0.483. The summed E-state index contributed by atoms with van der Waals surface area (Å²) < 4.78 is 12.6. The van der Waals surface area contributed by atoms with Crippen LogP contribution in [-0.2, 0) is 9.53 Å². The minimum absolute atomic E-state index is 0.0428. The monoisotopic (exact) mass is 493 g/mol. The van der Waals surface area contributed by atoms with Gasteiger partial charge < -0.3 is 14.4 Å². The summed E-state index contributed by atoms with van der Waals surface area (Å²) in [6.07, 6.45) is 5.83. The number of aromatic nitrogens is 2. The Labute approximate surface area is 214 Å². The Kier molecular flexibility index (Phi) is 10.1. The van der Waals surface area contributed by atoms with Crippen molar-refractivity contribution in [3.63, 3.8) is 0 Å². The van der Waals surface area contributed by atoms with Crippen molar-refractivity contribution in [1.82, 2.24) is 14.5 Å². The van der Waals surface area contributed by atoms with Crippen molar-refractivity contribution < 1.29 is 14.3 Å². The molecule has 36 heavy (non-hydrogen) atoms. The number of benzene rings is 2. The number of unbranched alkanes of at least 4 members (excludes halogenated alkanes) is 4. The van der Waals surface area contributed by atoms with E-state index in [1.54, 1.807) is 29.8 Å². The second-order valence-electron chi connectivity index (χ2n) is 9.22. The zero-order valence-corrected chi connectivity index (χ0v) is 22.3. The predicted molar refractivity (Wildman–Crippen MR) is 144 cm³/mol. The maximum atomic E-state index is 13.9. The number of carbonyl (C=O) groups is 1. The summed E-state index contributed by atoms with van der Waals surface area (Å²) in [5, 5.41) is 0.516. The number of methoxy groups -OCH3 is 2. The Morgan fingerprint density at radius 1 is 1.08 bits per heavy atom. The number of ether oxygens (including phenoxy) is 2. The van der Waals surface area contributed by atoms with Crippen LogP contribution in [0.15, 0.2) is 47.3 Å². The fourth-order valence-electron chi connectivity index (χ4n) is 4.52. The number of rotatable bonds is 13. The van der Waals surface area contributed by atoms with Gasteiger partial charge in [-0.25, -0.2) is 4.98 Å². The lowest BCUT2D eigenvalue weighted by Gasteiger charge is -2.31. The Balaban J connectivity index is 2.11. The molecule has 7 heteroatoms. The minimum Gasteiger partial charge on any atom is -0.495 e. The van der Waals surface area contributed by atoms with Gasteiger partial charge in [-0.3, -0.25) is 14.2 Å². The van der Waals surface area contributed by atoms with Crippen molar-refractivity contribution in [2.45, 2.75) is 65.3 Å². The van der Waals surface area contributed by atoms with E-state index in [9.17, 15) is 9.59 Å². The second kappa shape index (κ2) is 13.2. The van der Waals surface area contributed by atoms with Gasteiger partial charge in [-0.05, 0) is 50.1 Å². The molecule has 0 aliphatic rings. The van der Waals surface area contributed by atoms with Gasteiger partial charge in [0, 0.05) is 20.1 Å². The van der Waals surface area contributed by atoms with Crippen molar-refractivity contribution in [3.05, 3.63) is 64.2 Å². The van der Waals surface area contributed by atoms with Crippen LogP contribution in [-0.4, -0.2) is 47.7 Å². The van der Waals surface area contributed by atoms with E-state index in [1.807, 2.05) is 50.2 Å². The minimum atomic E-state index is -0.453. The summed E-state index contributed by atoms with van der Waals surface area (Å²) in [5.41, 5.74) is 2.01. The van der Waals surface area contributed by atoms with Gasteiger partial charge in [-0.2, -0.15) is 0 Å². The van der Waals surface area contributed by atoms with Gasteiger partial charge in [0.15, 0.2) is 0 Å². The molecule has 0 spiro atoms. The van der Waals surface area contributed by atoms with E-state index < -0.39 is 6.04 Å². The molecule has 3 rings (SSSR count). The first kappa shape index (κ1) is 27.4. The summed E-state index contributed by atoms with van der Waals surface area (Å²) in [7, 11) is 3.21. The smallest absolute Gasteiger partial charge is 0.266 e. The molecule has 0 fully saturated rings. The van der Waals surface area contributed by atoms with E-state index >= 15 is 0 Å². The molecule has 3 aromatic rings. The van der Waals surface area contributed by atoms with Crippen LogP contribution >= 0.6 is 0 Å². The third-order valence-electron chi connectivity index (χ3n) is 6.57. The van der Waals surface area contributed by atoms with Crippen molar-refractivity contribution in [2.75, 3.05) is 27.4 Å². The molecular weight excluding hydrogens is 454 g/mol. The highest BCUT2D eigenvalue weighted by Gasteiger charge is 2.27. The zero-order chi connectivity index (χ0) is 26.1. The quantitative estimate of drug-likeness (QED) is 0.290. The van der Waals surface area contributed by atoms with Gasteiger partial charge in [0.05, 0.1) is 36.3 Å². The predicted octanol–water partition coefficient (Wildman–Crippen LogP) is 5.60. The number of carbonyl (C=O) groups excluding carboxylic acids is 1. The second-order valence-corrected chi connectivity index (χ2v) is 9.22. The SMILES string of the molecule is CCCCCCCC(=O)N(CCOC)C(C)c1nc2ccccc2c(=O)n1-c1cc(C)ccc1OC. The average Bonchev–Trinajstić information content (AvgIpc) is 2.88. The molecule has 0 bridgehead atoms. The summed E-state index contributed by atoms with van der Waals surface area (Å²) in [5.74, 6) is 1.11. The van der Waals surface area contributed by atoms with Crippen LogP contribution in [0.1, 0.15) is 69.8 Å². The largest absolute Gasteiger partial charge is 0.495 e. The molecule has 1 amide bonds. The molecule has 0 saturated carbocycles. The normalized spacial score (nSPS) is 12.0. The van der Waals surface area contributed by atoms with Crippen LogP contribution in [0.2, 0.25) is 0 Å². The Morgan fingerprint density at radius 2 is 1.83 bits per heavy atom. The summed E-state index contributed by atoms with van der Waals surface area (Å²) in [6.45, 7) is 6.90. The number of hydrogen-bond acceptors (Lipinski definition) is 5. The fourth-order valence-corrected chi connectivity index (χ4v) is 4.52. The molecular formula is C29H39N3O4. The van der Waals surface area contributed by atoms with Crippen LogP contribution in [0.25, 0.3) is 16.6 Å². The number of amides is 1. The molecule has 1 unspecified atom stereocenters. The number of para-hydroxylation sites is 1. The van der Waals surface area contributed by atoms with Gasteiger partial charge in [0.1, 0.15) is 11.6 Å². The molecule has 1 heterocycles. The summed E-state index contributed by atoms with van der Waals surface area (Å²) in [6, 6.07) is 12.6. The molecule has 2 aromatic carbocycles. The number of aryl methyl sites for hydroxylation is 1. The van der Waals surface area contributed by atoms with E-state index in [0.29, 0.717) is 47.7 Å². The topological polar surface area (TPSA) is 73.7 Å². The molecule has 1 aromatic heterocycles. The Morgan fingerprint density at radius 3 is 2.56 bits per heavy atom. The van der Waals surface area contributed by atoms with Gasteiger partial charge in [0.2, 0.25) is 5.91 Å². The Hall–Kier alpha value is -3.19. The maximum absolute atomic E-state index is 13.9. The van der Waals surface area contributed by atoms with Crippen molar-refractivity contribution in [3.8, 4) is 11.4 Å². The van der Waals surface area contributed by atoms with Crippen LogP contribution < -0.4 is 10.3 Å². The lowest BCUT2D eigenvalue weighted by molar-refractivity contribution is -0.134. The highest BCUT2D eigenvalue weighted by molar-refractivity contribution is 5.79. The highest BCUT2D eigenvalue weighted by atomic mass is 16.5. The van der Waals surface area contributed by atoms with Gasteiger partial charge in [-0.15, -0.1) is 0 Å². The van der Waals surface area contributed by atoms with E-state index in [-0.39, 0.29) is 11.5 Å². The van der Waals surface area contributed by atoms with E-state index in [1.165, 1.54) is 12.8 Å². The van der Waals surface area contributed by atoms with E-state index in [0.717, 1.165) is 24.8 Å². The molecule has 0 saturated heterocycles. The molecule has 0 radical (unpaired) electrons. The zero-order valence-electron chi connectivity index (χ0n) is 22.3. The number of nitrogens with zero attached hydrogens (tertiary/aromatic N) is 3. The summed E-state index contributed by atoms with van der Waals surface area (Å²) >= 11 is 0. The van der Waals surface area contributed by atoms with E-state index in [4.69, 9.17) is 14.5 Å². The summed E-state index contributed by atoms with van der Waals surface area (Å²) in [4.78, 5) is 34.0. The third-order valence-corrected chi connectivity index (χ3v) is 6.57. The van der Waals surface area contributed by atoms with Gasteiger partial charge >= 0.3 is 0 Å². The molecule has 7 nitrogen and oxygen atoms in total. The van der Waals surface area contributed by atoms with Crippen molar-refractivity contribution in [1.29, 1.82) is 0 Å². The molecule has 0 N–H and O–H groups in total. The number of hydrogen-bond donors (Lipinski definition) is 0. The molecule has 0 aliphatic heterocycles. The van der Waals surface area contributed by atoms with Crippen LogP contribution in [0.4, 0.5) is 0 Å². The van der Waals surface area contributed by atoms with E-state index in [2.05, 4.69) is 6.92 Å². The molecule has 194 valence electrons. The molecule has 0 aliphatic carbocycles. The lowest BCUT2D eigenvalue weighted by atomic mass is 10.1. The van der Waals surface area contributed by atoms with Crippen LogP contribution in [0.5, 0.6) is 5.75 Å². The number of fused-ring (bicyclic) bond motifs is 1. The first-order valence-electron chi connectivity index (χ1n) is 12.9. The van der Waals surface area contributed by atoms with Crippen LogP contribution in [0.3, 0.4) is 0 Å². The first-order valence-corrected chi connectivity index (χ1v) is 12.9. The maximum Gasteiger partial charge on any atom is 0.266 e. The van der Waals surface area contributed by atoms with Gasteiger partial charge in [-0.1, -0.05) is 50.8 Å². The lowest BCUT2D eigenvalue weighted by Crippen LogP contribution is -2.39. The van der Waals surface area contributed by atoms with Crippen LogP contribution in [0, 0.1) is 6.92 Å². The van der Waals surface area contributed by atoms with Crippen molar-refractivity contribution >= 4 is 16.8 Å². The van der Waals surface area contributed by atoms with Crippen molar-refractivity contribution in [2.24, 2.45) is 0 Å². The highest BCUT2D eigenvalue weighted by Crippen LogP contribution is 2.29. The standard InChI is InChI=1S/C29H39N3O4/c1-6-7-8-9-10-15-27(33)31(18-19-35-4)22(3)28-30-24-14-12-11-13-23(24)29(34)32(28)25-20-21(2)16-17-26(25)36-5/h11-14,16-17,20,22H,6-10,15,18-19H2,1-5H3. The Bertz CT molecular complexity index is 1220. The average molecular weight is 494 g/mol.